The number of aliphatic hydroxyl groups excluding tert-OH is 1. The van der Waals surface area contributed by atoms with Gasteiger partial charge in [-0.3, -0.25) is 14.9 Å². The van der Waals surface area contributed by atoms with Gasteiger partial charge in [-0.1, -0.05) is 48.5 Å². The number of pyridine rings is 2. The van der Waals surface area contributed by atoms with Crippen molar-refractivity contribution in [2.75, 3.05) is 18.6 Å². The Labute approximate surface area is 182 Å². The number of nitrogens with zero attached hydrogens (tertiary/aromatic N) is 3. The number of thioether (sulfide) groups is 1. The summed E-state index contributed by atoms with van der Waals surface area (Å²) in [6.45, 7) is 1.49. The van der Waals surface area contributed by atoms with E-state index in [1.165, 1.54) is 0 Å². The molecule has 4 aromatic rings. The van der Waals surface area contributed by atoms with Crippen LogP contribution in [-0.4, -0.2) is 44.6 Å². The predicted molar refractivity (Wildman–Crippen MR) is 127 cm³/mol. The lowest BCUT2D eigenvalue weighted by atomic mass is 10.1. The third-order valence-electron chi connectivity index (χ3n) is 5.42. The maximum Gasteiger partial charge on any atom is 0.0705 e. The second-order valence-electron chi connectivity index (χ2n) is 7.51. The Kier molecular flexibility index (Phi) is 6.95. The number of hydrogen-bond donors (Lipinski definition) is 1. The molecular weight excluding hydrogens is 390 g/mol. The minimum Gasteiger partial charge on any atom is -0.395 e. The Hall–Kier alpha value is -2.47. The first kappa shape index (κ1) is 20.8. The Morgan fingerprint density at radius 3 is 1.83 bits per heavy atom. The van der Waals surface area contributed by atoms with Gasteiger partial charge in [-0.05, 0) is 42.7 Å². The molecule has 2 heterocycles. The van der Waals surface area contributed by atoms with Crippen molar-refractivity contribution in [2.45, 2.75) is 25.6 Å². The number of para-hydroxylation sites is 2. The molecule has 0 radical (unpaired) electrons. The molecule has 4 rings (SSSR count). The average molecular weight is 418 g/mol. The number of rotatable bonds is 9. The van der Waals surface area contributed by atoms with Gasteiger partial charge in [0.15, 0.2) is 0 Å². The fourth-order valence-corrected chi connectivity index (χ4v) is 4.27. The van der Waals surface area contributed by atoms with Crippen molar-refractivity contribution in [1.29, 1.82) is 0 Å². The van der Waals surface area contributed by atoms with Gasteiger partial charge < -0.3 is 5.11 Å². The Morgan fingerprint density at radius 1 is 0.800 bits per heavy atom. The number of aliphatic hydroxyl groups is 1. The summed E-state index contributed by atoms with van der Waals surface area (Å²) < 4.78 is 0. The van der Waals surface area contributed by atoms with Crippen LogP contribution in [0.15, 0.2) is 72.8 Å². The number of fused-ring (bicyclic) bond motifs is 2. The molecule has 5 heteroatoms. The van der Waals surface area contributed by atoms with Crippen molar-refractivity contribution in [3.63, 3.8) is 0 Å². The summed E-state index contributed by atoms with van der Waals surface area (Å²) in [4.78, 5) is 12.0. The van der Waals surface area contributed by atoms with Crippen LogP contribution in [0.1, 0.15) is 17.8 Å². The van der Waals surface area contributed by atoms with Crippen LogP contribution in [-0.2, 0) is 13.1 Å². The molecule has 0 aliphatic carbocycles. The van der Waals surface area contributed by atoms with Gasteiger partial charge >= 0.3 is 0 Å². The molecule has 0 saturated heterocycles. The van der Waals surface area contributed by atoms with Gasteiger partial charge in [0.1, 0.15) is 0 Å². The maximum absolute atomic E-state index is 10.1. The van der Waals surface area contributed by atoms with Crippen molar-refractivity contribution in [3.05, 3.63) is 84.2 Å². The molecule has 0 unspecified atom stereocenters. The van der Waals surface area contributed by atoms with Crippen LogP contribution in [0.5, 0.6) is 0 Å². The zero-order valence-electron chi connectivity index (χ0n) is 17.2. The van der Waals surface area contributed by atoms with Crippen LogP contribution in [0.3, 0.4) is 0 Å². The second kappa shape index (κ2) is 10.0. The normalized spacial score (nSPS) is 12.6. The van der Waals surface area contributed by atoms with Gasteiger partial charge in [0, 0.05) is 29.9 Å². The highest BCUT2D eigenvalue weighted by atomic mass is 32.2. The van der Waals surface area contributed by atoms with Crippen molar-refractivity contribution >= 4 is 33.6 Å². The summed E-state index contributed by atoms with van der Waals surface area (Å²) in [6, 6.07) is 24.9. The molecule has 0 fully saturated rings. The molecule has 2 aromatic heterocycles. The van der Waals surface area contributed by atoms with E-state index in [0.29, 0.717) is 13.1 Å². The summed E-state index contributed by atoms with van der Waals surface area (Å²) in [5.74, 6) is 1.01. The number of aromatic nitrogens is 2. The average Bonchev–Trinajstić information content (AvgIpc) is 2.79. The Balaban J connectivity index is 1.61. The summed E-state index contributed by atoms with van der Waals surface area (Å²) in [6.07, 6.45) is 3.04. The molecule has 30 heavy (non-hydrogen) atoms. The maximum atomic E-state index is 10.1. The minimum absolute atomic E-state index is 0.0685. The van der Waals surface area contributed by atoms with E-state index in [1.807, 2.05) is 48.2 Å². The van der Waals surface area contributed by atoms with E-state index >= 15 is 0 Å². The molecule has 4 nitrogen and oxygen atoms in total. The van der Waals surface area contributed by atoms with Crippen LogP contribution in [0.4, 0.5) is 0 Å². The molecule has 154 valence electrons. The summed E-state index contributed by atoms with van der Waals surface area (Å²) in [5, 5.41) is 12.4. The predicted octanol–water partition coefficient (Wildman–Crippen LogP) is 4.90. The topological polar surface area (TPSA) is 49.2 Å². The van der Waals surface area contributed by atoms with E-state index in [1.54, 1.807) is 0 Å². The van der Waals surface area contributed by atoms with Gasteiger partial charge in [0.25, 0.3) is 0 Å². The van der Waals surface area contributed by atoms with Crippen LogP contribution >= 0.6 is 11.8 Å². The molecule has 0 aliphatic heterocycles. The first-order chi connectivity index (χ1) is 14.8. The lowest BCUT2D eigenvalue weighted by Crippen LogP contribution is -2.38. The Morgan fingerprint density at radius 2 is 1.33 bits per heavy atom. The van der Waals surface area contributed by atoms with Crippen molar-refractivity contribution < 1.29 is 5.11 Å². The van der Waals surface area contributed by atoms with Crippen LogP contribution in [0.2, 0.25) is 0 Å². The SMILES string of the molecule is CSCC[C@@H](CO)N(Cc1ccc2ccccc2n1)Cc1ccc2ccccc2n1. The second-order valence-corrected chi connectivity index (χ2v) is 8.50. The quantitative estimate of drug-likeness (QED) is 0.420. The molecule has 1 N–H and O–H groups in total. The highest BCUT2D eigenvalue weighted by Gasteiger charge is 2.20. The van der Waals surface area contributed by atoms with Crippen molar-refractivity contribution in [1.82, 2.24) is 14.9 Å². The van der Waals surface area contributed by atoms with Gasteiger partial charge in [-0.15, -0.1) is 0 Å². The van der Waals surface area contributed by atoms with Crippen molar-refractivity contribution in [3.8, 4) is 0 Å². The van der Waals surface area contributed by atoms with E-state index in [-0.39, 0.29) is 12.6 Å². The molecule has 0 aliphatic rings. The zero-order valence-corrected chi connectivity index (χ0v) is 18.1. The monoisotopic (exact) mass is 417 g/mol. The Bertz CT molecular complexity index is 1040. The molecule has 1 atom stereocenters. The van der Waals surface area contributed by atoms with E-state index in [9.17, 15) is 5.11 Å². The van der Waals surface area contributed by atoms with Gasteiger partial charge in [0.2, 0.25) is 0 Å². The molecule has 0 amide bonds. The highest BCUT2D eigenvalue weighted by molar-refractivity contribution is 7.98. The third kappa shape index (κ3) is 4.98. The van der Waals surface area contributed by atoms with Crippen LogP contribution in [0, 0.1) is 0 Å². The summed E-state index contributed by atoms with van der Waals surface area (Å²) in [7, 11) is 0. The fourth-order valence-electron chi connectivity index (χ4n) is 3.77. The van der Waals surface area contributed by atoms with E-state index in [2.05, 4.69) is 47.6 Å². The summed E-state index contributed by atoms with van der Waals surface area (Å²) >= 11 is 1.81. The van der Waals surface area contributed by atoms with E-state index < -0.39 is 0 Å². The lowest BCUT2D eigenvalue weighted by molar-refractivity contribution is 0.105. The third-order valence-corrected chi connectivity index (χ3v) is 6.07. The molecule has 0 saturated carbocycles. The number of hydrogen-bond acceptors (Lipinski definition) is 5. The van der Waals surface area contributed by atoms with E-state index in [0.717, 1.165) is 45.4 Å². The molecule has 2 aromatic carbocycles. The van der Waals surface area contributed by atoms with Gasteiger partial charge in [-0.25, -0.2) is 0 Å². The van der Waals surface area contributed by atoms with Gasteiger partial charge in [0.05, 0.1) is 29.0 Å². The first-order valence-corrected chi connectivity index (χ1v) is 11.7. The van der Waals surface area contributed by atoms with Gasteiger partial charge in [-0.2, -0.15) is 11.8 Å². The van der Waals surface area contributed by atoms with Crippen LogP contribution in [0.25, 0.3) is 21.8 Å². The van der Waals surface area contributed by atoms with Crippen molar-refractivity contribution in [2.24, 2.45) is 0 Å². The molecular formula is C25H27N3OS. The minimum atomic E-state index is 0.0685. The zero-order chi connectivity index (χ0) is 20.8. The highest BCUT2D eigenvalue weighted by Crippen LogP contribution is 2.19. The largest absolute Gasteiger partial charge is 0.395 e. The van der Waals surface area contributed by atoms with Crippen LogP contribution < -0.4 is 0 Å². The fraction of sp³-hybridized carbons (Fsp3) is 0.280. The molecule has 0 bridgehead atoms. The molecule has 0 spiro atoms. The summed E-state index contributed by atoms with van der Waals surface area (Å²) in [5.41, 5.74) is 4.03. The standard InChI is InChI=1S/C25H27N3OS/c1-30-15-14-23(18-29)28(16-21-12-10-19-6-2-4-8-24(19)26-21)17-22-13-11-20-7-3-5-9-25(20)27-22/h2-13,23,29H,14-18H2,1H3/t23-/m0/s1. The smallest absolute Gasteiger partial charge is 0.0705 e. The lowest BCUT2D eigenvalue weighted by Gasteiger charge is -2.30. The van der Waals surface area contributed by atoms with E-state index in [4.69, 9.17) is 9.97 Å². The first-order valence-electron chi connectivity index (χ1n) is 10.3. The number of benzene rings is 2.